The van der Waals surface area contributed by atoms with Crippen molar-refractivity contribution in [3.63, 3.8) is 0 Å². The van der Waals surface area contributed by atoms with Crippen LogP contribution in [0.5, 0.6) is 0 Å². The Kier molecular flexibility index (Phi) is 5.33. The molecule has 0 unspecified atom stereocenters. The SMILES string of the molecule is CC(C)Cc1ccc(CN2CCn3nc([C@H](O)CO)cc3C2)cc1. The number of hydrogen-bond donors (Lipinski definition) is 2. The van der Waals surface area contributed by atoms with Gasteiger partial charge in [-0.1, -0.05) is 38.1 Å². The average molecular weight is 329 g/mol. The summed E-state index contributed by atoms with van der Waals surface area (Å²) in [5.74, 6) is 0.682. The Hall–Kier alpha value is -1.69. The third-order valence-electron chi connectivity index (χ3n) is 4.48. The van der Waals surface area contributed by atoms with E-state index >= 15 is 0 Å². The molecule has 24 heavy (non-hydrogen) atoms. The zero-order valence-corrected chi connectivity index (χ0v) is 14.5. The van der Waals surface area contributed by atoms with Crippen molar-refractivity contribution in [2.45, 2.75) is 46.0 Å². The van der Waals surface area contributed by atoms with Crippen LogP contribution in [0.2, 0.25) is 0 Å². The lowest BCUT2D eigenvalue weighted by Crippen LogP contribution is -2.33. The van der Waals surface area contributed by atoms with Crippen molar-refractivity contribution < 1.29 is 10.2 Å². The lowest BCUT2D eigenvalue weighted by molar-refractivity contribution is 0.0915. The molecular weight excluding hydrogens is 302 g/mol. The quantitative estimate of drug-likeness (QED) is 0.852. The molecule has 5 nitrogen and oxygen atoms in total. The van der Waals surface area contributed by atoms with E-state index < -0.39 is 6.10 Å². The Morgan fingerprint density at radius 1 is 1.12 bits per heavy atom. The minimum atomic E-state index is -0.884. The lowest BCUT2D eigenvalue weighted by atomic mass is 10.0. The van der Waals surface area contributed by atoms with Crippen LogP contribution in [0.25, 0.3) is 0 Å². The van der Waals surface area contributed by atoms with E-state index in [1.807, 2.05) is 10.7 Å². The first-order valence-corrected chi connectivity index (χ1v) is 8.71. The van der Waals surface area contributed by atoms with Crippen LogP contribution in [0.3, 0.4) is 0 Å². The molecule has 2 aromatic rings. The van der Waals surface area contributed by atoms with Crippen LogP contribution >= 0.6 is 0 Å². The van der Waals surface area contributed by atoms with Crippen LogP contribution in [0.15, 0.2) is 30.3 Å². The average Bonchev–Trinajstić information content (AvgIpc) is 2.99. The molecule has 3 rings (SSSR count). The van der Waals surface area contributed by atoms with Crippen LogP contribution in [0, 0.1) is 5.92 Å². The summed E-state index contributed by atoms with van der Waals surface area (Å²) in [6, 6.07) is 10.8. The van der Waals surface area contributed by atoms with Gasteiger partial charge >= 0.3 is 0 Å². The van der Waals surface area contributed by atoms with Crippen LogP contribution in [-0.4, -0.2) is 38.0 Å². The van der Waals surface area contributed by atoms with Crippen molar-refractivity contribution in [1.29, 1.82) is 0 Å². The van der Waals surface area contributed by atoms with E-state index in [0.29, 0.717) is 11.6 Å². The van der Waals surface area contributed by atoms with Gasteiger partial charge in [-0.15, -0.1) is 0 Å². The fourth-order valence-electron chi connectivity index (χ4n) is 3.24. The minimum Gasteiger partial charge on any atom is -0.393 e. The fraction of sp³-hybridized carbons (Fsp3) is 0.526. The van der Waals surface area contributed by atoms with Crippen molar-refractivity contribution in [2.24, 2.45) is 5.92 Å². The van der Waals surface area contributed by atoms with Gasteiger partial charge in [0.15, 0.2) is 0 Å². The highest BCUT2D eigenvalue weighted by molar-refractivity contribution is 5.23. The molecule has 0 saturated carbocycles. The molecule has 0 amide bonds. The molecule has 0 saturated heterocycles. The molecule has 1 aliphatic heterocycles. The van der Waals surface area contributed by atoms with Gasteiger partial charge in [0.25, 0.3) is 0 Å². The second-order valence-electron chi connectivity index (χ2n) is 7.11. The Balaban J connectivity index is 1.62. The molecule has 0 aliphatic carbocycles. The molecular formula is C19H27N3O2. The Morgan fingerprint density at radius 2 is 1.83 bits per heavy atom. The molecule has 2 N–H and O–H groups in total. The van der Waals surface area contributed by atoms with E-state index in [9.17, 15) is 5.11 Å². The van der Waals surface area contributed by atoms with Crippen molar-refractivity contribution >= 4 is 0 Å². The molecule has 5 heteroatoms. The van der Waals surface area contributed by atoms with Crippen molar-refractivity contribution in [3.8, 4) is 0 Å². The third kappa shape index (κ3) is 4.04. The maximum Gasteiger partial charge on any atom is 0.121 e. The second kappa shape index (κ2) is 7.47. The van der Waals surface area contributed by atoms with Crippen molar-refractivity contribution in [1.82, 2.24) is 14.7 Å². The van der Waals surface area contributed by atoms with E-state index in [1.165, 1.54) is 11.1 Å². The van der Waals surface area contributed by atoms with Gasteiger partial charge in [-0.05, 0) is 29.5 Å². The number of benzene rings is 1. The topological polar surface area (TPSA) is 61.5 Å². The first kappa shape index (κ1) is 17.1. The summed E-state index contributed by atoms with van der Waals surface area (Å²) in [6.07, 6.45) is 0.240. The molecule has 130 valence electrons. The van der Waals surface area contributed by atoms with Gasteiger partial charge in [0.2, 0.25) is 0 Å². The van der Waals surface area contributed by atoms with E-state index in [4.69, 9.17) is 5.11 Å². The van der Waals surface area contributed by atoms with Gasteiger partial charge in [-0.25, -0.2) is 0 Å². The summed E-state index contributed by atoms with van der Waals surface area (Å²) in [5, 5.41) is 23.2. The monoisotopic (exact) mass is 329 g/mol. The summed E-state index contributed by atoms with van der Waals surface area (Å²) in [5.41, 5.74) is 4.38. The number of fused-ring (bicyclic) bond motifs is 1. The summed E-state index contributed by atoms with van der Waals surface area (Å²) >= 11 is 0. The summed E-state index contributed by atoms with van der Waals surface area (Å²) in [4.78, 5) is 2.39. The standard InChI is InChI=1S/C19H27N3O2/c1-14(2)9-15-3-5-16(6-4-15)11-21-7-8-22-17(12-21)10-18(20-22)19(24)13-23/h3-6,10,14,19,23-24H,7-9,11-13H2,1-2H3/t19-/m1/s1. The molecule has 0 radical (unpaired) electrons. The first-order chi connectivity index (χ1) is 11.5. The molecule has 0 bridgehead atoms. The predicted octanol–water partition coefficient (Wildman–Crippen LogP) is 2.12. The maximum absolute atomic E-state index is 9.73. The number of aliphatic hydroxyl groups is 2. The number of aliphatic hydroxyl groups excluding tert-OH is 2. The molecule has 1 aromatic heterocycles. The number of hydrogen-bond acceptors (Lipinski definition) is 4. The highest BCUT2D eigenvalue weighted by Gasteiger charge is 2.20. The molecule has 0 spiro atoms. The van der Waals surface area contributed by atoms with E-state index in [0.717, 1.165) is 38.3 Å². The van der Waals surface area contributed by atoms with Gasteiger partial charge in [0.1, 0.15) is 6.10 Å². The largest absolute Gasteiger partial charge is 0.393 e. The van der Waals surface area contributed by atoms with E-state index in [-0.39, 0.29) is 6.61 Å². The summed E-state index contributed by atoms with van der Waals surface area (Å²) in [7, 11) is 0. The number of rotatable bonds is 6. The Labute approximate surface area is 143 Å². The zero-order chi connectivity index (χ0) is 17.1. The van der Waals surface area contributed by atoms with Crippen molar-refractivity contribution in [2.75, 3.05) is 13.2 Å². The number of aromatic nitrogens is 2. The molecule has 2 heterocycles. The maximum atomic E-state index is 9.73. The molecule has 0 fully saturated rings. The highest BCUT2D eigenvalue weighted by atomic mass is 16.3. The van der Waals surface area contributed by atoms with Gasteiger partial charge in [0, 0.05) is 19.6 Å². The third-order valence-corrected chi connectivity index (χ3v) is 4.48. The van der Waals surface area contributed by atoms with Crippen molar-refractivity contribution in [3.05, 3.63) is 52.8 Å². The van der Waals surface area contributed by atoms with Crippen LogP contribution in [0.1, 0.15) is 42.5 Å². The smallest absolute Gasteiger partial charge is 0.121 e. The Morgan fingerprint density at radius 3 is 2.50 bits per heavy atom. The molecule has 1 atom stereocenters. The molecule has 1 aliphatic rings. The van der Waals surface area contributed by atoms with Crippen LogP contribution in [-0.2, 0) is 26.1 Å². The normalized spacial score (nSPS) is 16.4. The van der Waals surface area contributed by atoms with E-state index in [1.54, 1.807) is 0 Å². The zero-order valence-electron chi connectivity index (χ0n) is 14.5. The van der Waals surface area contributed by atoms with Gasteiger partial charge in [0.05, 0.1) is 24.5 Å². The van der Waals surface area contributed by atoms with Crippen LogP contribution in [0.4, 0.5) is 0 Å². The second-order valence-corrected chi connectivity index (χ2v) is 7.11. The summed E-state index contributed by atoms with van der Waals surface area (Å²) in [6.45, 7) is 7.70. The minimum absolute atomic E-state index is 0.289. The Bertz CT molecular complexity index is 664. The highest BCUT2D eigenvalue weighted by Crippen LogP contribution is 2.20. The predicted molar refractivity (Wildman–Crippen MR) is 93.4 cm³/mol. The van der Waals surface area contributed by atoms with Crippen LogP contribution < -0.4 is 0 Å². The molecule has 1 aromatic carbocycles. The lowest BCUT2D eigenvalue weighted by Gasteiger charge is -2.27. The summed E-state index contributed by atoms with van der Waals surface area (Å²) < 4.78 is 1.94. The fourth-order valence-corrected chi connectivity index (χ4v) is 3.24. The first-order valence-electron chi connectivity index (χ1n) is 8.71. The van der Waals surface area contributed by atoms with Gasteiger partial charge < -0.3 is 10.2 Å². The number of nitrogens with zero attached hydrogens (tertiary/aromatic N) is 3. The van der Waals surface area contributed by atoms with E-state index in [2.05, 4.69) is 48.1 Å². The van der Waals surface area contributed by atoms with Gasteiger partial charge in [-0.2, -0.15) is 5.10 Å². The van der Waals surface area contributed by atoms with Gasteiger partial charge in [-0.3, -0.25) is 9.58 Å².